The molecule has 1 aliphatic heterocycles. The topological polar surface area (TPSA) is 89.9 Å². The van der Waals surface area contributed by atoms with Crippen LogP contribution in [0.2, 0.25) is 0 Å². The summed E-state index contributed by atoms with van der Waals surface area (Å²) in [6.07, 6.45) is 0. The van der Waals surface area contributed by atoms with Gasteiger partial charge in [-0.05, 0) is 13.8 Å². The molecule has 1 saturated heterocycles. The van der Waals surface area contributed by atoms with Gasteiger partial charge in [-0.2, -0.15) is 0 Å². The lowest BCUT2D eigenvalue weighted by Gasteiger charge is -2.44. The Hall–Kier alpha value is -1.79. The molecule has 0 aromatic carbocycles. The van der Waals surface area contributed by atoms with Crippen LogP contribution in [0.1, 0.15) is 13.8 Å². The highest BCUT2D eigenvalue weighted by Crippen LogP contribution is 2.21. The van der Waals surface area contributed by atoms with Crippen LogP contribution in [-0.4, -0.2) is 65.0 Å². The largest absolute Gasteiger partial charge is 0.480 e. The summed E-state index contributed by atoms with van der Waals surface area (Å²) in [7, 11) is 1.68. The maximum Gasteiger partial charge on any atom is 0.323 e. The van der Waals surface area contributed by atoms with Crippen molar-refractivity contribution in [2.24, 2.45) is 0 Å². The second-order valence-corrected chi connectivity index (χ2v) is 4.49. The summed E-state index contributed by atoms with van der Waals surface area (Å²) in [6, 6.07) is -0.529. The second kappa shape index (κ2) is 4.60. The number of carboxylic acids is 1. The van der Waals surface area contributed by atoms with Crippen LogP contribution in [0.25, 0.3) is 0 Å². The van der Waals surface area contributed by atoms with Crippen LogP contribution in [0.5, 0.6) is 0 Å². The molecule has 0 aromatic heterocycles. The van der Waals surface area contributed by atoms with Crippen molar-refractivity contribution in [3.05, 3.63) is 0 Å². The summed E-state index contributed by atoms with van der Waals surface area (Å²) < 4.78 is 0. The number of hydrogen-bond acceptors (Lipinski definition) is 3. The third-order valence-corrected chi connectivity index (χ3v) is 2.84. The van der Waals surface area contributed by atoms with Crippen LogP contribution in [0, 0.1) is 0 Å². The molecule has 1 aliphatic rings. The predicted molar refractivity (Wildman–Crippen MR) is 59.5 cm³/mol. The molecule has 17 heavy (non-hydrogen) atoms. The van der Waals surface area contributed by atoms with Crippen LogP contribution < -0.4 is 5.32 Å². The minimum atomic E-state index is -1.11. The lowest BCUT2D eigenvalue weighted by atomic mass is 9.98. The number of amides is 3. The quantitative estimate of drug-likeness (QED) is 0.673. The van der Waals surface area contributed by atoms with E-state index in [1.807, 2.05) is 0 Å². The number of aliphatic carboxylic acids is 1. The summed E-state index contributed by atoms with van der Waals surface area (Å²) in [6.45, 7) is 3.68. The molecule has 0 spiro atoms. The van der Waals surface area contributed by atoms with Gasteiger partial charge in [-0.15, -0.1) is 0 Å². The molecular weight excluding hydrogens is 226 g/mol. The number of nitrogens with zero attached hydrogens (tertiary/aromatic N) is 2. The molecular formula is C10H17N3O4. The van der Waals surface area contributed by atoms with Crippen molar-refractivity contribution in [1.82, 2.24) is 15.1 Å². The Kier molecular flexibility index (Phi) is 3.59. The Balaban J connectivity index is 2.73. The number of carbonyl (C=O) groups excluding carboxylic acids is 2. The molecule has 96 valence electrons. The van der Waals surface area contributed by atoms with E-state index in [-0.39, 0.29) is 5.91 Å². The van der Waals surface area contributed by atoms with Crippen molar-refractivity contribution in [1.29, 1.82) is 0 Å². The van der Waals surface area contributed by atoms with E-state index in [1.165, 1.54) is 4.90 Å². The summed E-state index contributed by atoms with van der Waals surface area (Å²) in [5, 5.41) is 10.7. The van der Waals surface area contributed by atoms with Crippen molar-refractivity contribution in [3.8, 4) is 0 Å². The molecule has 0 aliphatic carbocycles. The summed E-state index contributed by atoms with van der Waals surface area (Å²) in [5.41, 5.74) is -0.949. The van der Waals surface area contributed by atoms with Crippen LogP contribution in [0.4, 0.5) is 4.79 Å². The van der Waals surface area contributed by atoms with E-state index in [1.54, 1.807) is 25.8 Å². The summed E-state index contributed by atoms with van der Waals surface area (Å²) >= 11 is 0. The first kappa shape index (κ1) is 13.3. The van der Waals surface area contributed by atoms with E-state index in [9.17, 15) is 14.4 Å². The van der Waals surface area contributed by atoms with Gasteiger partial charge in [-0.1, -0.05) is 0 Å². The van der Waals surface area contributed by atoms with Gasteiger partial charge in [0.25, 0.3) is 0 Å². The van der Waals surface area contributed by atoms with E-state index in [2.05, 4.69) is 5.32 Å². The first-order valence-corrected chi connectivity index (χ1v) is 5.29. The molecule has 0 atom stereocenters. The van der Waals surface area contributed by atoms with Crippen LogP contribution >= 0.6 is 0 Å². The SMILES string of the molecule is CN1CCN(C(=O)NCC(=O)O)C(C)(C)C1=O. The number of nitrogens with one attached hydrogen (secondary N) is 1. The number of carbonyl (C=O) groups is 3. The molecule has 3 amide bonds. The van der Waals surface area contributed by atoms with Crippen molar-refractivity contribution < 1.29 is 19.5 Å². The van der Waals surface area contributed by atoms with E-state index < -0.39 is 24.1 Å². The zero-order valence-corrected chi connectivity index (χ0v) is 10.2. The van der Waals surface area contributed by atoms with Gasteiger partial charge in [-0.3, -0.25) is 9.59 Å². The van der Waals surface area contributed by atoms with Gasteiger partial charge in [0.2, 0.25) is 5.91 Å². The summed E-state index contributed by atoms with van der Waals surface area (Å²) in [4.78, 5) is 36.9. The number of carboxylic acid groups (broad SMARTS) is 1. The van der Waals surface area contributed by atoms with Gasteiger partial charge in [0.15, 0.2) is 0 Å². The molecule has 0 bridgehead atoms. The molecule has 1 rings (SSSR count). The standard InChI is InChI=1S/C10H17N3O4/c1-10(2)8(16)12(3)4-5-13(10)9(17)11-6-7(14)15/h4-6H2,1-3H3,(H,11,17)(H,14,15). The minimum Gasteiger partial charge on any atom is -0.480 e. The molecule has 7 heteroatoms. The Morgan fingerprint density at radius 3 is 2.53 bits per heavy atom. The Morgan fingerprint density at radius 2 is 2.00 bits per heavy atom. The lowest BCUT2D eigenvalue weighted by molar-refractivity contribution is -0.144. The van der Waals surface area contributed by atoms with Gasteiger partial charge >= 0.3 is 12.0 Å². The Labute approximate surface area is 99.4 Å². The van der Waals surface area contributed by atoms with E-state index >= 15 is 0 Å². The normalized spacial score (nSPS) is 19.1. The minimum absolute atomic E-state index is 0.158. The van der Waals surface area contributed by atoms with Crippen LogP contribution in [0.3, 0.4) is 0 Å². The van der Waals surface area contributed by atoms with Gasteiger partial charge in [0.1, 0.15) is 12.1 Å². The maximum atomic E-state index is 11.9. The van der Waals surface area contributed by atoms with Crippen molar-refractivity contribution in [3.63, 3.8) is 0 Å². The number of urea groups is 1. The zero-order chi connectivity index (χ0) is 13.2. The van der Waals surface area contributed by atoms with Crippen LogP contribution in [0.15, 0.2) is 0 Å². The number of rotatable bonds is 2. The Bertz CT molecular complexity index is 353. The molecule has 0 aromatic rings. The molecule has 7 nitrogen and oxygen atoms in total. The van der Waals surface area contributed by atoms with E-state index in [4.69, 9.17) is 5.11 Å². The highest BCUT2D eigenvalue weighted by Gasteiger charge is 2.42. The maximum absolute atomic E-state index is 11.9. The third-order valence-electron chi connectivity index (χ3n) is 2.84. The van der Waals surface area contributed by atoms with Crippen molar-refractivity contribution >= 4 is 17.9 Å². The van der Waals surface area contributed by atoms with Gasteiger partial charge < -0.3 is 20.2 Å². The van der Waals surface area contributed by atoms with Crippen molar-refractivity contribution in [2.75, 3.05) is 26.7 Å². The van der Waals surface area contributed by atoms with Crippen molar-refractivity contribution in [2.45, 2.75) is 19.4 Å². The first-order chi connectivity index (χ1) is 7.76. The van der Waals surface area contributed by atoms with Crippen LogP contribution in [-0.2, 0) is 9.59 Å². The second-order valence-electron chi connectivity index (χ2n) is 4.49. The molecule has 0 unspecified atom stereocenters. The average Bonchev–Trinajstić information content (AvgIpc) is 2.23. The monoisotopic (exact) mass is 243 g/mol. The highest BCUT2D eigenvalue weighted by atomic mass is 16.4. The molecule has 0 radical (unpaired) electrons. The average molecular weight is 243 g/mol. The number of hydrogen-bond donors (Lipinski definition) is 2. The fourth-order valence-electron chi connectivity index (χ4n) is 1.82. The molecule has 1 heterocycles. The molecule has 0 saturated carbocycles. The van der Waals surface area contributed by atoms with E-state index in [0.717, 1.165) is 0 Å². The first-order valence-electron chi connectivity index (χ1n) is 5.29. The highest BCUT2D eigenvalue weighted by molar-refractivity contribution is 5.92. The van der Waals surface area contributed by atoms with Gasteiger partial charge in [0.05, 0.1) is 0 Å². The number of piperazine rings is 1. The fraction of sp³-hybridized carbons (Fsp3) is 0.700. The molecule has 1 fully saturated rings. The Morgan fingerprint density at radius 1 is 1.41 bits per heavy atom. The number of likely N-dealkylation sites (N-methyl/N-ethyl adjacent to an activating group) is 1. The smallest absolute Gasteiger partial charge is 0.323 e. The van der Waals surface area contributed by atoms with Gasteiger partial charge in [0, 0.05) is 20.1 Å². The van der Waals surface area contributed by atoms with Gasteiger partial charge in [-0.25, -0.2) is 4.79 Å². The molecule has 2 N–H and O–H groups in total. The zero-order valence-electron chi connectivity index (χ0n) is 10.2. The summed E-state index contributed by atoms with van der Waals surface area (Å²) in [5.74, 6) is -1.27. The fourth-order valence-corrected chi connectivity index (χ4v) is 1.82. The predicted octanol–water partition coefficient (Wildman–Crippen LogP) is -0.667. The lowest BCUT2D eigenvalue weighted by Crippen LogP contribution is -2.65. The third kappa shape index (κ3) is 2.66. The van der Waals surface area contributed by atoms with E-state index in [0.29, 0.717) is 13.1 Å².